The lowest BCUT2D eigenvalue weighted by molar-refractivity contribution is 0.0603. The zero-order valence-electron chi connectivity index (χ0n) is 15.9. The lowest BCUT2D eigenvalue weighted by Crippen LogP contribution is -2.41. The molecule has 1 heterocycles. The first kappa shape index (κ1) is 18.6. The zero-order valence-corrected chi connectivity index (χ0v) is 15.9. The van der Waals surface area contributed by atoms with Gasteiger partial charge in [0.2, 0.25) is 0 Å². The summed E-state index contributed by atoms with van der Waals surface area (Å²) in [5, 5.41) is 4.50. The Labute approximate surface area is 155 Å². The highest BCUT2D eigenvalue weighted by molar-refractivity contribution is 5.93. The average molecular weight is 357 g/mol. The van der Waals surface area contributed by atoms with Crippen molar-refractivity contribution in [1.29, 1.82) is 0 Å². The Morgan fingerprint density at radius 1 is 1.23 bits per heavy atom. The van der Waals surface area contributed by atoms with Gasteiger partial charge in [-0.1, -0.05) is 45.2 Å². The number of carbonyl (C=O) groups is 1. The largest absolute Gasteiger partial charge is 0.330 e. The van der Waals surface area contributed by atoms with Crippen LogP contribution in [-0.2, 0) is 13.6 Å². The second-order valence-corrected chi connectivity index (χ2v) is 7.58. The SMILES string of the molecule is CC(C)c1cc(C(=O)N(Cc2ccc(F)cc2)C2CCCCC2)n(C)n1. The minimum absolute atomic E-state index is 0.0168. The van der Waals surface area contributed by atoms with Gasteiger partial charge in [0.1, 0.15) is 11.5 Å². The van der Waals surface area contributed by atoms with Gasteiger partial charge >= 0.3 is 0 Å². The molecule has 1 saturated carbocycles. The monoisotopic (exact) mass is 357 g/mol. The van der Waals surface area contributed by atoms with Gasteiger partial charge in [-0.2, -0.15) is 5.10 Å². The summed E-state index contributed by atoms with van der Waals surface area (Å²) in [4.78, 5) is 15.3. The zero-order chi connectivity index (χ0) is 18.7. The third kappa shape index (κ3) is 4.14. The first-order valence-electron chi connectivity index (χ1n) is 9.55. The molecule has 0 spiro atoms. The third-order valence-electron chi connectivity index (χ3n) is 5.25. The molecule has 4 nitrogen and oxygen atoms in total. The van der Waals surface area contributed by atoms with E-state index in [1.165, 1.54) is 18.6 Å². The lowest BCUT2D eigenvalue weighted by Gasteiger charge is -2.34. The molecule has 1 aromatic heterocycles. The van der Waals surface area contributed by atoms with Crippen molar-refractivity contribution in [3.63, 3.8) is 0 Å². The maximum absolute atomic E-state index is 13.4. The fourth-order valence-corrected chi connectivity index (χ4v) is 3.66. The predicted molar refractivity (Wildman–Crippen MR) is 100 cm³/mol. The summed E-state index contributed by atoms with van der Waals surface area (Å²) in [7, 11) is 1.83. The predicted octanol–water partition coefficient (Wildman–Crippen LogP) is 4.66. The normalized spacial score (nSPS) is 15.4. The van der Waals surface area contributed by atoms with Crippen molar-refractivity contribution in [3.8, 4) is 0 Å². The second-order valence-electron chi connectivity index (χ2n) is 7.58. The van der Waals surface area contributed by atoms with Crippen molar-refractivity contribution >= 4 is 5.91 Å². The van der Waals surface area contributed by atoms with Gasteiger partial charge in [0.15, 0.2) is 0 Å². The van der Waals surface area contributed by atoms with Crippen molar-refractivity contribution in [2.45, 2.75) is 64.5 Å². The summed E-state index contributed by atoms with van der Waals surface area (Å²) in [5.74, 6) is 0.0450. The molecular formula is C21H28FN3O. The van der Waals surface area contributed by atoms with Gasteiger partial charge in [0.05, 0.1) is 5.69 Å². The van der Waals surface area contributed by atoms with Gasteiger partial charge in [-0.3, -0.25) is 9.48 Å². The molecule has 0 aliphatic heterocycles. The molecule has 3 rings (SSSR count). The number of amides is 1. The summed E-state index contributed by atoms with van der Waals surface area (Å²) in [6, 6.07) is 8.59. The fourth-order valence-electron chi connectivity index (χ4n) is 3.66. The first-order chi connectivity index (χ1) is 12.5. The molecule has 0 unspecified atom stereocenters. The van der Waals surface area contributed by atoms with Gasteiger partial charge in [-0.15, -0.1) is 0 Å². The molecule has 26 heavy (non-hydrogen) atoms. The Morgan fingerprint density at radius 3 is 2.46 bits per heavy atom. The van der Waals surface area contributed by atoms with Crippen LogP contribution in [0.3, 0.4) is 0 Å². The summed E-state index contributed by atoms with van der Waals surface area (Å²) < 4.78 is 14.9. The van der Waals surface area contributed by atoms with Gasteiger partial charge < -0.3 is 4.90 Å². The Bertz CT molecular complexity index is 745. The summed E-state index contributed by atoms with van der Waals surface area (Å²) in [5.41, 5.74) is 2.51. The highest BCUT2D eigenvalue weighted by Crippen LogP contribution is 2.26. The van der Waals surface area contributed by atoms with Gasteiger partial charge in [0, 0.05) is 19.6 Å². The summed E-state index contributed by atoms with van der Waals surface area (Å²) in [6.07, 6.45) is 5.60. The minimum Gasteiger partial charge on any atom is -0.330 e. The fraction of sp³-hybridized carbons (Fsp3) is 0.524. The van der Waals surface area contributed by atoms with Crippen molar-refractivity contribution in [1.82, 2.24) is 14.7 Å². The van der Waals surface area contributed by atoms with Crippen LogP contribution in [0.4, 0.5) is 4.39 Å². The molecule has 0 radical (unpaired) electrons. The van der Waals surface area contributed by atoms with E-state index in [-0.39, 0.29) is 23.7 Å². The number of aryl methyl sites for hydroxylation is 1. The quantitative estimate of drug-likeness (QED) is 0.781. The lowest BCUT2D eigenvalue weighted by atomic mass is 9.93. The van der Waals surface area contributed by atoms with Crippen LogP contribution in [0.1, 0.15) is 73.6 Å². The van der Waals surface area contributed by atoms with Crippen LogP contribution in [0.2, 0.25) is 0 Å². The molecule has 0 N–H and O–H groups in total. The van der Waals surface area contributed by atoms with Gasteiger partial charge in [-0.05, 0) is 42.5 Å². The number of hydrogen-bond acceptors (Lipinski definition) is 2. The number of nitrogens with zero attached hydrogens (tertiary/aromatic N) is 3. The molecule has 0 saturated heterocycles. The van der Waals surface area contributed by atoms with Crippen LogP contribution in [0.15, 0.2) is 30.3 Å². The molecule has 0 atom stereocenters. The van der Waals surface area contributed by atoms with Gasteiger partial charge in [-0.25, -0.2) is 4.39 Å². The topological polar surface area (TPSA) is 38.1 Å². The first-order valence-corrected chi connectivity index (χ1v) is 9.55. The van der Waals surface area contributed by atoms with Crippen LogP contribution in [-0.4, -0.2) is 26.6 Å². The highest BCUT2D eigenvalue weighted by atomic mass is 19.1. The van der Waals surface area contributed by atoms with Crippen LogP contribution < -0.4 is 0 Å². The maximum Gasteiger partial charge on any atom is 0.272 e. The molecule has 140 valence electrons. The van der Waals surface area contributed by atoms with Gasteiger partial charge in [0.25, 0.3) is 5.91 Å². The van der Waals surface area contributed by atoms with E-state index in [9.17, 15) is 9.18 Å². The van der Waals surface area contributed by atoms with E-state index in [1.54, 1.807) is 16.8 Å². The molecule has 1 aliphatic carbocycles. The molecular weight excluding hydrogens is 329 g/mol. The average Bonchev–Trinajstić information content (AvgIpc) is 3.03. The molecule has 1 aromatic carbocycles. The number of carbonyl (C=O) groups excluding carboxylic acids is 1. The standard InChI is InChI=1S/C21H28FN3O/c1-15(2)19-13-20(24(3)23-19)21(26)25(18-7-5-4-6-8-18)14-16-9-11-17(22)12-10-16/h9-13,15,18H,4-8,14H2,1-3H3. The van der Waals surface area contributed by atoms with E-state index in [1.807, 2.05) is 18.0 Å². The van der Waals surface area contributed by atoms with Crippen molar-refractivity contribution in [2.75, 3.05) is 0 Å². The van der Waals surface area contributed by atoms with E-state index >= 15 is 0 Å². The molecule has 1 fully saturated rings. The minimum atomic E-state index is -0.252. The van der Waals surface area contributed by atoms with Crippen molar-refractivity contribution in [2.24, 2.45) is 7.05 Å². The van der Waals surface area contributed by atoms with Crippen LogP contribution >= 0.6 is 0 Å². The highest BCUT2D eigenvalue weighted by Gasteiger charge is 2.28. The Kier molecular flexibility index (Phi) is 5.74. The van der Waals surface area contributed by atoms with Crippen LogP contribution in [0, 0.1) is 5.82 Å². The third-order valence-corrected chi connectivity index (χ3v) is 5.25. The van der Waals surface area contributed by atoms with E-state index in [2.05, 4.69) is 18.9 Å². The molecule has 0 bridgehead atoms. The smallest absolute Gasteiger partial charge is 0.272 e. The second kappa shape index (κ2) is 8.02. The van der Waals surface area contributed by atoms with Crippen LogP contribution in [0.25, 0.3) is 0 Å². The molecule has 1 amide bonds. The van der Waals surface area contributed by atoms with Crippen LogP contribution in [0.5, 0.6) is 0 Å². The number of hydrogen-bond donors (Lipinski definition) is 0. The van der Waals surface area contributed by atoms with E-state index in [0.717, 1.165) is 36.9 Å². The van der Waals surface area contributed by atoms with Crippen molar-refractivity contribution in [3.05, 3.63) is 53.1 Å². The molecule has 2 aromatic rings. The van der Waals surface area contributed by atoms with E-state index < -0.39 is 0 Å². The summed E-state index contributed by atoms with van der Waals surface area (Å²) >= 11 is 0. The summed E-state index contributed by atoms with van der Waals surface area (Å²) in [6.45, 7) is 4.66. The van der Waals surface area contributed by atoms with Crippen molar-refractivity contribution < 1.29 is 9.18 Å². The Morgan fingerprint density at radius 2 is 1.88 bits per heavy atom. The van der Waals surface area contributed by atoms with E-state index in [0.29, 0.717) is 12.2 Å². The number of rotatable bonds is 5. The van der Waals surface area contributed by atoms with E-state index in [4.69, 9.17) is 0 Å². The Balaban J connectivity index is 1.88. The molecule has 5 heteroatoms. The number of benzene rings is 1. The molecule has 1 aliphatic rings. The maximum atomic E-state index is 13.4. The number of halogens is 1. The Hall–Kier alpha value is -2.17. The number of aromatic nitrogens is 2.